The van der Waals surface area contributed by atoms with Gasteiger partial charge in [-0.1, -0.05) is 46.9 Å². The van der Waals surface area contributed by atoms with Crippen molar-refractivity contribution < 1.29 is 8.78 Å². The van der Waals surface area contributed by atoms with Gasteiger partial charge in [0.1, 0.15) is 0 Å². The minimum absolute atomic E-state index is 0.176. The average molecular weight is 508 g/mol. The Balaban J connectivity index is 1.45. The van der Waals surface area contributed by atoms with Gasteiger partial charge in [-0.3, -0.25) is 9.88 Å². The van der Waals surface area contributed by atoms with Gasteiger partial charge in [-0.05, 0) is 78.1 Å². The highest BCUT2D eigenvalue weighted by Crippen LogP contribution is 2.53. The number of hydrogen-bond donors (Lipinski definition) is 0. The van der Waals surface area contributed by atoms with Gasteiger partial charge >= 0.3 is 0 Å². The zero-order chi connectivity index (χ0) is 23.1. The largest absolute Gasteiger partial charge is 0.298 e. The van der Waals surface area contributed by atoms with Crippen LogP contribution in [-0.4, -0.2) is 23.0 Å². The van der Waals surface area contributed by atoms with E-state index in [9.17, 15) is 8.78 Å². The molecule has 0 unspecified atom stereocenters. The van der Waals surface area contributed by atoms with Crippen molar-refractivity contribution in [1.29, 1.82) is 0 Å². The van der Waals surface area contributed by atoms with Gasteiger partial charge in [0.05, 0.1) is 5.02 Å². The van der Waals surface area contributed by atoms with Crippen LogP contribution in [0.1, 0.15) is 41.5 Å². The maximum Gasteiger partial charge on any atom is 0.159 e. The van der Waals surface area contributed by atoms with Crippen LogP contribution in [0.2, 0.25) is 15.1 Å². The third-order valence-corrected chi connectivity index (χ3v) is 7.94. The average Bonchev–Trinajstić information content (AvgIpc) is 3.19. The summed E-state index contributed by atoms with van der Waals surface area (Å²) < 4.78 is 27.1. The maximum absolute atomic E-state index is 13.7. The molecular weight excluding hydrogens is 485 g/mol. The van der Waals surface area contributed by atoms with Crippen LogP contribution in [0.5, 0.6) is 0 Å². The molecule has 3 aromatic rings. The van der Waals surface area contributed by atoms with E-state index in [1.54, 1.807) is 18.3 Å². The van der Waals surface area contributed by atoms with Crippen molar-refractivity contribution in [2.24, 2.45) is 11.8 Å². The van der Waals surface area contributed by atoms with Crippen molar-refractivity contribution in [3.63, 3.8) is 0 Å². The molecule has 0 spiro atoms. The fraction of sp³-hybridized carbons (Fsp3) is 0.346. The van der Waals surface area contributed by atoms with E-state index in [-0.39, 0.29) is 11.8 Å². The molecule has 0 bridgehead atoms. The molecule has 1 saturated heterocycles. The number of aromatic nitrogens is 1. The molecule has 1 aliphatic carbocycles. The Kier molecular flexibility index (Phi) is 6.63. The van der Waals surface area contributed by atoms with Crippen LogP contribution in [0.25, 0.3) is 0 Å². The standard InChI is InChI=1S/C26H23Cl3F2N2/c27-17-3-6-19(22(29)10-17)20-5-2-16-13-33(12-15-1-7-23(30)24(31)9-15)14-21(16)26(20)25-8-4-18(28)11-32-25/h1,3-4,6-11,16,20-21,26H,2,5,12-14H2/t16-,20-,21+,26-/m0/s1. The van der Waals surface area contributed by atoms with Crippen molar-refractivity contribution in [1.82, 2.24) is 9.88 Å². The van der Waals surface area contributed by atoms with Gasteiger partial charge < -0.3 is 0 Å². The highest BCUT2D eigenvalue weighted by Gasteiger charge is 2.46. The molecule has 1 aromatic heterocycles. The summed E-state index contributed by atoms with van der Waals surface area (Å²) in [6, 6.07) is 13.8. The second-order valence-corrected chi connectivity index (χ2v) is 10.4. The Morgan fingerprint density at radius 2 is 1.70 bits per heavy atom. The van der Waals surface area contributed by atoms with Crippen molar-refractivity contribution in [2.75, 3.05) is 13.1 Å². The molecule has 2 aliphatic rings. The predicted molar refractivity (Wildman–Crippen MR) is 129 cm³/mol. The van der Waals surface area contributed by atoms with E-state index >= 15 is 0 Å². The second-order valence-electron chi connectivity index (χ2n) is 9.14. The zero-order valence-electron chi connectivity index (χ0n) is 17.8. The number of likely N-dealkylation sites (tertiary alicyclic amines) is 1. The normalized spacial score (nSPS) is 25.2. The molecular formula is C26H23Cl3F2N2. The Labute approximate surface area is 207 Å². The van der Waals surface area contributed by atoms with Crippen LogP contribution in [0, 0.1) is 23.5 Å². The monoisotopic (exact) mass is 506 g/mol. The summed E-state index contributed by atoms with van der Waals surface area (Å²) in [6.07, 6.45) is 3.78. The Morgan fingerprint density at radius 3 is 2.42 bits per heavy atom. The molecule has 1 saturated carbocycles. The number of nitrogens with zero attached hydrogens (tertiary/aromatic N) is 2. The van der Waals surface area contributed by atoms with Gasteiger partial charge in [-0.2, -0.15) is 0 Å². The predicted octanol–water partition coefficient (Wildman–Crippen LogP) is 7.73. The molecule has 5 rings (SSSR count). The molecule has 0 radical (unpaired) electrons. The first-order valence-corrected chi connectivity index (χ1v) is 12.2. The minimum atomic E-state index is -0.814. The number of hydrogen-bond acceptors (Lipinski definition) is 2. The quantitative estimate of drug-likeness (QED) is 0.359. The Bertz CT molecular complexity index is 1150. The molecule has 1 aliphatic heterocycles. The van der Waals surface area contributed by atoms with Crippen LogP contribution in [-0.2, 0) is 6.54 Å². The highest BCUT2D eigenvalue weighted by molar-refractivity contribution is 6.35. The fourth-order valence-corrected chi connectivity index (χ4v) is 6.42. The van der Waals surface area contributed by atoms with Crippen LogP contribution in [0.4, 0.5) is 8.78 Å². The lowest BCUT2D eigenvalue weighted by atomic mass is 9.64. The molecule has 2 heterocycles. The summed E-state index contributed by atoms with van der Waals surface area (Å²) in [5, 5.41) is 1.91. The van der Waals surface area contributed by atoms with Gasteiger partial charge in [-0.15, -0.1) is 0 Å². The fourth-order valence-electron chi connectivity index (χ4n) is 5.76. The van der Waals surface area contributed by atoms with Crippen LogP contribution in [0.15, 0.2) is 54.7 Å². The van der Waals surface area contributed by atoms with E-state index in [0.29, 0.717) is 33.4 Å². The first kappa shape index (κ1) is 23.0. The highest BCUT2D eigenvalue weighted by atomic mass is 35.5. The summed E-state index contributed by atoms with van der Waals surface area (Å²) in [7, 11) is 0. The molecule has 0 N–H and O–H groups in total. The molecule has 4 atom stereocenters. The number of fused-ring (bicyclic) bond motifs is 1. The van der Waals surface area contributed by atoms with E-state index in [2.05, 4.69) is 4.90 Å². The maximum atomic E-state index is 13.7. The van der Waals surface area contributed by atoms with E-state index < -0.39 is 11.6 Å². The molecule has 7 heteroatoms. The Morgan fingerprint density at radius 1 is 0.879 bits per heavy atom. The van der Waals surface area contributed by atoms with Crippen molar-refractivity contribution in [3.8, 4) is 0 Å². The van der Waals surface area contributed by atoms with Gasteiger partial charge in [0.25, 0.3) is 0 Å². The summed E-state index contributed by atoms with van der Waals surface area (Å²) in [6.45, 7) is 2.38. The van der Waals surface area contributed by atoms with Crippen LogP contribution >= 0.6 is 34.8 Å². The third kappa shape index (κ3) is 4.77. The number of pyridine rings is 1. The van der Waals surface area contributed by atoms with E-state index in [1.807, 2.05) is 24.3 Å². The summed E-state index contributed by atoms with van der Waals surface area (Å²) in [5.41, 5.74) is 2.89. The number of benzene rings is 2. The summed E-state index contributed by atoms with van der Waals surface area (Å²) >= 11 is 18.9. The number of rotatable bonds is 4. The second kappa shape index (κ2) is 9.50. The lowest BCUT2D eigenvalue weighted by Crippen LogP contribution is -2.32. The van der Waals surface area contributed by atoms with E-state index in [4.69, 9.17) is 39.8 Å². The Hall–Kier alpha value is -1.72. The first-order chi connectivity index (χ1) is 15.9. The van der Waals surface area contributed by atoms with Crippen molar-refractivity contribution in [2.45, 2.75) is 31.2 Å². The van der Waals surface area contributed by atoms with Crippen LogP contribution < -0.4 is 0 Å². The molecule has 2 fully saturated rings. The van der Waals surface area contributed by atoms with Gasteiger partial charge in [-0.25, -0.2) is 8.78 Å². The summed E-state index contributed by atoms with van der Waals surface area (Å²) in [5.74, 6) is -0.354. The van der Waals surface area contributed by atoms with E-state index in [0.717, 1.165) is 42.8 Å². The van der Waals surface area contributed by atoms with Crippen molar-refractivity contribution in [3.05, 3.63) is 98.3 Å². The third-order valence-electron chi connectivity index (χ3n) is 7.15. The SMILES string of the molecule is Fc1ccc(CN2C[C@@H]3CC[C@@H](c4ccc(Cl)cc4Cl)[C@H](c4ccc(Cl)cn4)[C@@H]3C2)cc1F. The van der Waals surface area contributed by atoms with E-state index in [1.165, 1.54) is 12.1 Å². The molecule has 33 heavy (non-hydrogen) atoms. The lowest BCUT2D eigenvalue weighted by Gasteiger charge is -2.40. The zero-order valence-corrected chi connectivity index (χ0v) is 20.1. The number of halogens is 5. The van der Waals surface area contributed by atoms with Gasteiger partial charge in [0.15, 0.2) is 11.6 Å². The molecule has 0 amide bonds. The van der Waals surface area contributed by atoms with Gasteiger partial charge in [0, 0.05) is 47.5 Å². The van der Waals surface area contributed by atoms with Crippen LogP contribution in [0.3, 0.4) is 0 Å². The molecule has 2 aromatic carbocycles. The van der Waals surface area contributed by atoms with Crippen molar-refractivity contribution >= 4 is 34.8 Å². The lowest BCUT2D eigenvalue weighted by molar-refractivity contribution is 0.224. The van der Waals surface area contributed by atoms with Gasteiger partial charge in [0.2, 0.25) is 0 Å². The first-order valence-electron chi connectivity index (χ1n) is 11.1. The summed E-state index contributed by atoms with van der Waals surface area (Å²) in [4.78, 5) is 7.05. The minimum Gasteiger partial charge on any atom is -0.298 e. The molecule has 172 valence electrons. The smallest absolute Gasteiger partial charge is 0.159 e. The topological polar surface area (TPSA) is 16.1 Å². The molecule has 2 nitrogen and oxygen atoms in total.